The lowest BCUT2D eigenvalue weighted by molar-refractivity contribution is 0.753. The summed E-state index contributed by atoms with van der Waals surface area (Å²) in [5.41, 5.74) is 17.2. The van der Waals surface area contributed by atoms with Crippen LogP contribution in [0.3, 0.4) is 0 Å². The number of hydrogen-bond acceptors (Lipinski definition) is 5. The summed E-state index contributed by atoms with van der Waals surface area (Å²) in [4.78, 5) is 11.8. The van der Waals surface area contributed by atoms with E-state index in [2.05, 4.69) is 161 Å². The highest BCUT2D eigenvalue weighted by Crippen LogP contribution is 2.63. The second-order valence-electron chi connectivity index (χ2n) is 14.3. The van der Waals surface area contributed by atoms with Crippen LogP contribution in [-0.2, 0) is 5.41 Å². The molecule has 1 aliphatic carbocycles. The number of para-hydroxylation sites is 3. The van der Waals surface area contributed by atoms with Crippen molar-refractivity contribution in [2.24, 2.45) is 0 Å². The third-order valence-corrected chi connectivity index (χ3v) is 11.3. The van der Waals surface area contributed by atoms with Crippen molar-refractivity contribution >= 4 is 17.1 Å². The summed E-state index contributed by atoms with van der Waals surface area (Å²) in [6, 6.07) is 67.3. The van der Waals surface area contributed by atoms with Crippen LogP contribution in [0.15, 0.2) is 200 Å². The molecule has 262 valence electrons. The summed E-state index contributed by atoms with van der Waals surface area (Å²) in [6.07, 6.45) is 3.52. The molecule has 11 rings (SSSR count). The number of hydrogen-bond donors (Lipinski definition) is 0. The maximum atomic E-state index is 5.07. The normalized spacial score (nSPS) is 13.1. The van der Waals surface area contributed by atoms with E-state index < -0.39 is 5.41 Å². The van der Waals surface area contributed by atoms with Crippen LogP contribution < -0.4 is 4.90 Å². The second kappa shape index (κ2) is 12.8. The lowest BCUT2D eigenvalue weighted by atomic mass is 9.64. The molecule has 0 bridgehead atoms. The summed E-state index contributed by atoms with van der Waals surface area (Å²) in [7, 11) is 0. The Labute approximate surface area is 325 Å². The highest BCUT2D eigenvalue weighted by Gasteiger charge is 2.51. The van der Waals surface area contributed by atoms with Crippen LogP contribution in [0.5, 0.6) is 0 Å². The highest BCUT2D eigenvalue weighted by atomic mass is 15.2. The molecular weight excluding hydrogens is 683 g/mol. The molecule has 0 N–H and O–H groups in total. The quantitative estimate of drug-likeness (QED) is 0.178. The van der Waals surface area contributed by atoms with E-state index in [1.54, 1.807) is 12.4 Å². The largest absolute Gasteiger partial charge is 0.310 e. The molecule has 1 aliphatic heterocycles. The van der Waals surface area contributed by atoms with Crippen LogP contribution in [0.2, 0.25) is 0 Å². The van der Waals surface area contributed by atoms with Gasteiger partial charge in [0.1, 0.15) is 11.4 Å². The van der Waals surface area contributed by atoms with Gasteiger partial charge in [-0.3, -0.25) is 4.98 Å². The minimum Gasteiger partial charge on any atom is -0.310 e. The molecule has 0 radical (unpaired) electrons. The fourth-order valence-corrected chi connectivity index (χ4v) is 8.90. The molecule has 1 spiro atoms. The Bertz CT molecular complexity index is 2860. The van der Waals surface area contributed by atoms with Gasteiger partial charge in [-0.1, -0.05) is 146 Å². The zero-order valence-electron chi connectivity index (χ0n) is 30.3. The van der Waals surface area contributed by atoms with Crippen molar-refractivity contribution in [1.82, 2.24) is 20.2 Å². The number of anilines is 3. The van der Waals surface area contributed by atoms with Crippen LogP contribution in [0.4, 0.5) is 17.1 Å². The van der Waals surface area contributed by atoms with Gasteiger partial charge in [0.25, 0.3) is 0 Å². The summed E-state index contributed by atoms with van der Waals surface area (Å²) < 4.78 is 0. The van der Waals surface area contributed by atoms with Crippen LogP contribution in [0.1, 0.15) is 22.3 Å². The number of pyridine rings is 1. The van der Waals surface area contributed by atoms with Gasteiger partial charge in [0, 0.05) is 34.8 Å². The molecule has 0 unspecified atom stereocenters. The average molecular weight is 716 g/mol. The predicted octanol–water partition coefficient (Wildman–Crippen LogP) is 12.1. The van der Waals surface area contributed by atoms with Gasteiger partial charge in [-0.25, -0.2) is 4.98 Å². The third-order valence-electron chi connectivity index (χ3n) is 11.3. The van der Waals surface area contributed by atoms with Crippen molar-refractivity contribution in [1.29, 1.82) is 0 Å². The second-order valence-corrected chi connectivity index (χ2v) is 14.3. The number of rotatable bonds is 5. The highest BCUT2D eigenvalue weighted by molar-refractivity contribution is 5.96. The van der Waals surface area contributed by atoms with E-state index in [9.17, 15) is 0 Å². The summed E-state index contributed by atoms with van der Waals surface area (Å²) in [6.45, 7) is 0. The van der Waals surface area contributed by atoms with E-state index in [0.717, 1.165) is 44.9 Å². The smallest absolute Gasteiger partial charge is 0.183 e. The van der Waals surface area contributed by atoms with Crippen LogP contribution in [-0.4, -0.2) is 20.2 Å². The van der Waals surface area contributed by atoms with Crippen molar-refractivity contribution < 1.29 is 0 Å². The molecule has 9 aromatic rings. The Balaban J connectivity index is 1.08. The number of aromatic nitrogens is 4. The van der Waals surface area contributed by atoms with E-state index in [1.165, 1.54) is 44.8 Å². The molecule has 3 heterocycles. The zero-order valence-corrected chi connectivity index (χ0v) is 30.3. The van der Waals surface area contributed by atoms with Crippen LogP contribution in [0, 0.1) is 0 Å². The fourth-order valence-electron chi connectivity index (χ4n) is 8.90. The Hall–Kier alpha value is -7.50. The molecule has 0 amide bonds. The van der Waals surface area contributed by atoms with Gasteiger partial charge < -0.3 is 4.90 Å². The third kappa shape index (κ3) is 4.81. The molecule has 0 saturated carbocycles. The Kier molecular flexibility index (Phi) is 7.32. The van der Waals surface area contributed by atoms with E-state index in [1.807, 2.05) is 42.5 Å². The molecule has 5 nitrogen and oxygen atoms in total. The molecular formula is C51H33N5. The average Bonchev–Trinajstić information content (AvgIpc) is 3.57. The first-order valence-electron chi connectivity index (χ1n) is 18.9. The van der Waals surface area contributed by atoms with E-state index in [4.69, 9.17) is 10.1 Å². The van der Waals surface area contributed by atoms with Crippen molar-refractivity contribution in [3.63, 3.8) is 0 Å². The van der Waals surface area contributed by atoms with Gasteiger partial charge >= 0.3 is 0 Å². The lowest BCUT2D eigenvalue weighted by Crippen LogP contribution is -2.36. The lowest BCUT2D eigenvalue weighted by Gasteiger charge is -2.45. The summed E-state index contributed by atoms with van der Waals surface area (Å²) in [5, 5.41) is 9.23. The molecule has 0 saturated heterocycles. The zero-order chi connectivity index (χ0) is 37.1. The number of benzene rings is 7. The predicted molar refractivity (Wildman–Crippen MR) is 225 cm³/mol. The molecule has 0 fully saturated rings. The minimum absolute atomic E-state index is 0.514. The fraction of sp³-hybridized carbons (Fsp3) is 0.0196. The molecule has 56 heavy (non-hydrogen) atoms. The van der Waals surface area contributed by atoms with Crippen molar-refractivity contribution in [3.05, 3.63) is 223 Å². The first-order valence-corrected chi connectivity index (χ1v) is 18.9. The van der Waals surface area contributed by atoms with Crippen molar-refractivity contribution in [3.8, 4) is 56.2 Å². The molecule has 0 atom stereocenters. The van der Waals surface area contributed by atoms with E-state index in [0.29, 0.717) is 5.82 Å². The Morgan fingerprint density at radius 3 is 1.68 bits per heavy atom. The Morgan fingerprint density at radius 1 is 0.393 bits per heavy atom. The van der Waals surface area contributed by atoms with Gasteiger partial charge in [0.2, 0.25) is 0 Å². The maximum Gasteiger partial charge on any atom is 0.183 e. The monoisotopic (exact) mass is 715 g/mol. The number of fused-ring (bicyclic) bond motifs is 9. The van der Waals surface area contributed by atoms with Gasteiger partial charge in [-0.2, -0.15) is 0 Å². The van der Waals surface area contributed by atoms with Crippen LogP contribution >= 0.6 is 0 Å². The topological polar surface area (TPSA) is 54.8 Å². The summed E-state index contributed by atoms with van der Waals surface area (Å²) >= 11 is 0. The summed E-state index contributed by atoms with van der Waals surface area (Å²) in [5.74, 6) is 0.541. The standard InChI is InChI=1S/C51H33N5/c1-3-14-35(15-4-1)49-48(53-50(55-54-49)38-16-13-31-52-33-38)36-27-25-34(26-28-36)37-29-30-41-40-19-7-8-20-42(40)51(45(41)32-37)43-21-9-11-23-46(43)56(39-17-5-2-6-18-39)47-24-12-10-22-44(47)51/h1-33H. The van der Waals surface area contributed by atoms with Gasteiger partial charge in [-0.15, -0.1) is 10.2 Å². The minimum atomic E-state index is -0.514. The molecule has 5 heteroatoms. The van der Waals surface area contributed by atoms with Crippen molar-refractivity contribution in [2.45, 2.75) is 5.41 Å². The van der Waals surface area contributed by atoms with Gasteiger partial charge in [-0.05, 0) is 87.0 Å². The van der Waals surface area contributed by atoms with Crippen molar-refractivity contribution in [2.75, 3.05) is 4.90 Å². The molecule has 2 aromatic heterocycles. The Morgan fingerprint density at radius 2 is 0.964 bits per heavy atom. The number of nitrogens with zero attached hydrogens (tertiary/aromatic N) is 5. The van der Waals surface area contributed by atoms with E-state index in [-0.39, 0.29) is 0 Å². The molecule has 2 aliphatic rings. The molecule has 7 aromatic carbocycles. The van der Waals surface area contributed by atoms with Gasteiger partial charge in [0.15, 0.2) is 5.82 Å². The van der Waals surface area contributed by atoms with Gasteiger partial charge in [0.05, 0.1) is 16.8 Å². The van der Waals surface area contributed by atoms with Crippen LogP contribution in [0.25, 0.3) is 56.2 Å². The maximum absolute atomic E-state index is 5.07. The first kappa shape index (κ1) is 32.0. The van der Waals surface area contributed by atoms with E-state index >= 15 is 0 Å². The SMILES string of the molecule is c1ccc(-c2nnc(-c3cccnc3)nc2-c2ccc(-c3ccc4c(c3)C3(c5ccccc5-4)c4ccccc4N(c4ccccc4)c4ccccc43)cc2)cc1. The first-order chi connectivity index (χ1) is 27.8.